The van der Waals surface area contributed by atoms with Crippen molar-refractivity contribution in [3.8, 4) is 0 Å². The van der Waals surface area contributed by atoms with Gasteiger partial charge in [0.05, 0.1) is 17.4 Å². The monoisotopic (exact) mass is 271 g/mol. The zero-order valence-electron chi connectivity index (χ0n) is 11.9. The lowest BCUT2D eigenvalue weighted by molar-refractivity contribution is 0.0933. The van der Waals surface area contributed by atoms with Crippen LogP contribution in [0, 0.1) is 0 Å². The molecule has 1 N–H and O–H groups in total. The Morgan fingerprint density at radius 1 is 1.25 bits per heavy atom. The van der Waals surface area contributed by atoms with Crippen LogP contribution in [0.4, 0.5) is 0 Å². The number of carbonyl (C=O) groups is 1. The average molecular weight is 271 g/mol. The van der Waals surface area contributed by atoms with Crippen LogP contribution in [0.5, 0.6) is 0 Å². The topological polar surface area (TPSA) is 46.9 Å². The van der Waals surface area contributed by atoms with Crippen LogP contribution in [-0.2, 0) is 7.05 Å². The molecule has 1 heterocycles. The maximum absolute atomic E-state index is 12.3. The van der Waals surface area contributed by atoms with Crippen molar-refractivity contribution >= 4 is 16.9 Å². The molecule has 3 rings (SSSR count). The van der Waals surface area contributed by atoms with Crippen molar-refractivity contribution in [1.29, 1.82) is 0 Å². The predicted octanol–water partition coefficient (Wildman–Crippen LogP) is 3.03. The summed E-state index contributed by atoms with van der Waals surface area (Å²) in [5, 5.41) is 3.17. The van der Waals surface area contributed by atoms with Gasteiger partial charge in [0.15, 0.2) is 0 Å². The van der Waals surface area contributed by atoms with E-state index in [1.807, 2.05) is 29.8 Å². The average Bonchev–Trinajstić information content (AvgIpc) is 2.66. The number of nitrogens with one attached hydrogen (secondary N) is 1. The molecular weight excluding hydrogens is 250 g/mol. The number of fused-ring (bicyclic) bond motifs is 1. The Bertz CT molecular complexity index is 609. The van der Waals surface area contributed by atoms with Crippen LogP contribution in [0.3, 0.4) is 0 Å². The molecule has 4 nitrogen and oxygen atoms in total. The molecule has 1 amide bonds. The van der Waals surface area contributed by atoms with Crippen molar-refractivity contribution in [2.24, 2.45) is 7.05 Å². The maximum Gasteiger partial charge on any atom is 0.251 e. The van der Waals surface area contributed by atoms with E-state index in [0.717, 1.165) is 23.9 Å². The molecule has 0 bridgehead atoms. The van der Waals surface area contributed by atoms with Crippen molar-refractivity contribution in [1.82, 2.24) is 14.9 Å². The summed E-state index contributed by atoms with van der Waals surface area (Å²) in [4.78, 5) is 16.6. The summed E-state index contributed by atoms with van der Waals surface area (Å²) in [6.07, 6.45) is 9.04. The number of benzene rings is 1. The second-order valence-corrected chi connectivity index (χ2v) is 5.72. The normalized spacial score (nSPS) is 17.1. The van der Waals surface area contributed by atoms with Gasteiger partial charge in [-0.05, 0) is 31.0 Å². The highest BCUT2D eigenvalue weighted by Crippen LogP contribution is 2.18. The highest BCUT2D eigenvalue weighted by molar-refractivity contribution is 5.97. The molecule has 1 aliphatic carbocycles. The molecule has 1 aromatic heterocycles. The Labute approximate surface area is 119 Å². The number of amides is 1. The molecule has 0 saturated heterocycles. The number of aryl methyl sites for hydroxylation is 1. The highest BCUT2D eigenvalue weighted by Gasteiger charge is 2.16. The lowest BCUT2D eigenvalue weighted by Crippen LogP contribution is -2.34. The molecule has 0 aliphatic heterocycles. The van der Waals surface area contributed by atoms with E-state index in [2.05, 4.69) is 10.3 Å². The van der Waals surface area contributed by atoms with E-state index in [0.29, 0.717) is 11.6 Å². The van der Waals surface area contributed by atoms with Crippen LogP contribution in [0.1, 0.15) is 48.9 Å². The lowest BCUT2D eigenvalue weighted by atomic mass is 10.1. The largest absolute Gasteiger partial charge is 0.349 e. The van der Waals surface area contributed by atoms with Gasteiger partial charge in [-0.15, -0.1) is 0 Å². The maximum atomic E-state index is 12.3. The van der Waals surface area contributed by atoms with Crippen molar-refractivity contribution in [2.75, 3.05) is 0 Å². The first kappa shape index (κ1) is 13.2. The third-order valence-corrected chi connectivity index (χ3v) is 4.18. The zero-order chi connectivity index (χ0) is 13.9. The van der Waals surface area contributed by atoms with Gasteiger partial charge in [-0.25, -0.2) is 4.98 Å². The van der Waals surface area contributed by atoms with Gasteiger partial charge in [0.2, 0.25) is 0 Å². The first-order valence-electron chi connectivity index (χ1n) is 7.46. The number of carbonyl (C=O) groups excluding carboxylic acids is 1. The molecule has 4 heteroatoms. The van der Waals surface area contributed by atoms with Crippen LogP contribution in [0.15, 0.2) is 24.5 Å². The van der Waals surface area contributed by atoms with Gasteiger partial charge in [-0.3, -0.25) is 4.79 Å². The number of rotatable bonds is 2. The fourth-order valence-electron chi connectivity index (χ4n) is 2.97. The third-order valence-electron chi connectivity index (χ3n) is 4.18. The summed E-state index contributed by atoms with van der Waals surface area (Å²) >= 11 is 0. The number of aromatic nitrogens is 2. The Balaban J connectivity index is 1.74. The van der Waals surface area contributed by atoms with Gasteiger partial charge in [0.1, 0.15) is 0 Å². The first-order chi connectivity index (χ1) is 9.74. The van der Waals surface area contributed by atoms with Gasteiger partial charge in [-0.2, -0.15) is 0 Å². The summed E-state index contributed by atoms with van der Waals surface area (Å²) < 4.78 is 1.96. The minimum Gasteiger partial charge on any atom is -0.349 e. The smallest absolute Gasteiger partial charge is 0.251 e. The summed E-state index contributed by atoms with van der Waals surface area (Å²) in [6, 6.07) is 6.06. The quantitative estimate of drug-likeness (QED) is 0.853. The van der Waals surface area contributed by atoms with Gasteiger partial charge in [0.25, 0.3) is 5.91 Å². The number of hydrogen-bond acceptors (Lipinski definition) is 2. The van der Waals surface area contributed by atoms with Crippen molar-refractivity contribution in [3.05, 3.63) is 30.1 Å². The lowest BCUT2D eigenvalue weighted by Gasteiger charge is -2.16. The van der Waals surface area contributed by atoms with E-state index >= 15 is 0 Å². The highest BCUT2D eigenvalue weighted by atomic mass is 16.1. The molecule has 0 radical (unpaired) electrons. The second kappa shape index (κ2) is 5.65. The molecule has 0 atom stereocenters. The molecule has 1 aromatic carbocycles. The van der Waals surface area contributed by atoms with E-state index < -0.39 is 0 Å². The van der Waals surface area contributed by atoms with Gasteiger partial charge in [0, 0.05) is 18.7 Å². The molecule has 0 unspecified atom stereocenters. The number of hydrogen-bond donors (Lipinski definition) is 1. The molecular formula is C16H21N3O. The van der Waals surface area contributed by atoms with Gasteiger partial charge in [-0.1, -0.05) is 25.7 Å². The van der Waals surface area contributed by atoms with E-state index in [1.165, 1.54) is 25.7 Å². The van der Waals surface area contributed by atoms with Crippen molar-refractivity contribution in [2.45, 2.75) is 44.6 Å². The van der Waals surface area contributed by atoms with Crippen molar-refractivity contribution < 1.29 is 4.79 Å². The standard InChI is InChI=1S/C16H21N3O/c1-19-11-17-14-10-12(8-9-15(14)19)16(20)18-13-6-4-2-3-5-7-13/h8-11,13H,2-7H2,1H3,(H,18,20). The summed E-state index contributed by atoms with van der Waals surface area (Å²) in [5.41, 5.74) is 2.64. The Hall–Kier alpha value is -1.84. The summed E-state index contributed by atoms with van der Waals surface area (Å²) in [6.45, 7) is 0. The molecule has 1 fully saturated rings. The zero-order valence-corrected chi connectivity index (χ0v) is 11.9. The fraction of sp³-hybridized carbons (Fsp3) is 0.500. The fourth-order valence-corrected chi connectivity index (χ4v) is 2.97. The third kappa shape index (κ3) is 2.69. The van der Waals surface area contributed by atoms with Crippen LogP contribution in [-0.4, -0.2) is 21.5 Å². The molecule has 106 valence electrons. The molecule has 0 spiro atoms. The van der Waals surface area contributed by atoms with Crippen LogP contribution in [0.2, 0.25) is 0 Å². The summed E-state index contributed by atoms with van der Waals surface area (Å²) in [5.74, 6) is 0.0319. The second-order valence-electron chi connectivity index (χ2n) is 5.72. The molecule has 1 aliphatic rings. The number of imidazole rings is 1. The van der Waals surface area contributed by atoms with Crippen LogP contribution in [0.25, 0.3) is 11.0 Å². The first-order valence-corrected chi connectivity index (χ1v) is 7.46. The van der Waals surface area contributed by atoms with Crippen molar-refractivity contribution in [3.63, 3.8) is 0 Å². The Kier molecular flexibility index (Phi) is 3.72. The Morgan fingerprint density at radius 2 is 2.00 bits per heavy atom. The molecule has 1 saturated carbocycles. The Morgan fingerprint density at radius 3 is 2.75 bits per heavy atom. The van der Waals surface area contributed by atoms with E-state index in [1.54, 1.807) is 6.33 Å². The van der Waals surface area contributed by atoms with E-state index in [-0.39, 0.29) is 5.91 Å². The van der Waals surface area contributed by atoms with Crippen LogP contribution >= 0.6 is 0 Å². The SMILES string of the molecule is Cn1cnc2cc(C(=O)NC3CCCCCC3)ccc21. The van der Waals surface area contributed by atoms with E-state index in [9.17, 15) is 4.79 Å². The summed E-state index contributed by atoms with van der Waals surface area (Å²) in [7, 11) is 1.96. The van der Waals surface area contributed by atoms with Gasteiger partial charge < -0.3 is 9.88 Å². The molecule has 2 aromatic rings. The number of nitrogens with zero attached hydrogens (tertiary/aromatic N) is 2. The van der Waals surface area contributed by atoms with Gasteiger partial charge >= 0.3 is 0 Å². The predicted molar refractivity (Wildman–Crippen MR) is 79.7 cm³/mol. The minimum atomic E-state index is 0.0319. The van der Waals surface area contributed by atoms with E-state index in [4.69, 9.17) is 0 Å². The minimum absolute atomic E-state index is 0.0319. The molecule has 20 heavy (non-hydrogen) atoms. The van der Waals surface area contributed by atoms with Crippen LogP contribution < -0.4 is 5.32 Å².